The lowest BCUT2D eigenvalue weighted by molar-refractivity contribution is 0.610. The van der Waals surface area contributed by atoms with Gasteiger partial charge in [0.1, 0.15) is 4.90 Å². The van der Waals surface area contributed by atoms with E-state index >= 15 is 0 Å². The molecule has 0 radical (unpaired) electrons. The molecule has 2 nitrogen and oxygen atoms in total. The summed E-state index contributed by atoms with van der Waals surface area (Å²) in [5.41, 5.74) is 0. The molecule has 0 aliphatic rings. The summed E-state index contributed by atoms with van der Waals surface area (Å²) in [5.74, 6) is 0. The van der Waals surface area contributed by atoms with Crippen LogP contribution in [-0.4, -0.2) is 8.42 Å². The van der Waals surface area contributed by atoms with Crippen molar-refractivity contribution in [3.8, 4) is 0 Å². The minimum Gasteiger partial charge on any atom is -0.212 e. The Balaban J connectivity index is 2.55. The van der Waals surface area contributed by atoms with E-state index in [2.05, 4.69) is 0 Å². The van der Waals surface area contributed by atoms with Gasteiger partial charge in [-0.1, -0.05) is 69.6 Å². The van der Waals surface area contributed by atoms with Gasteiger partial charge in [-0.3, -0.25) is 0 Å². The SMILES string of the molecule is O=S(=O)(Sc1c(Cl)cc(Cl)cc1Cl)c1c(Cl)cc(Cl)cc1Cl. The van der Waals surface area contributed by atoms with Crippen molar-refractivity contribution in [3.63, 3.8) is 0 Å². The fourth-order valence-electron chi connectivity index (χ4n) is 1.53. The van der Waals surface area contributed by atoms with Crippen molar-refractivity contribution >= 4 is 89.3 Å². The van der Waals surface area contributed by atoms with Crippen molar-refractivity contribution in [2.24, 2.45) is 0 Å². The van der Waals surface area contributed by atoms with E-state index in [0.717, 1.165) is 0 Å². The van der Waals surface area contributed by atoms with Crippen molar-refractivity contribution < 1.29 is 8.42 Å². The van der Waals surface area contributed by atoms with Gasteiger partial charge < -0.3 is 0 Å². The molecule has 0 amide bonds. The van der Waals surface area contributed by atoms with E-state index in [9.17, 15) is 8.42 Å². The van der Waals surface area contributed by atoms with Gasteiger partial charge in [0, 0.05) is 20.8 Å². The molecule has 0 aromatic heterocycles. The third-order valence-corrected chi connectivity index (χ3v) is 7.87. The molecule has 0 aliphatic heterocycles. The third kappa shape index (κ3) is 4.11. The van der Waals surface area contributed by atoms with Gasteiger partial charge >= 0.3 is 0 Å². The highest BCUT2D eigenvalue weighted by molar-refractivity contribution is 8.72. The molecular formula is C12H4Cl6O2S2. The number of hydrogen-bond donors (Lipinski definition) is 0. The molecular weight excluding hydrogens is 453 g/mol. The first-order valence-corrected chi connectivity index (χ1v) is 10.4. The Bertz CT molecular complexity index is 805. The van der Waals surface area contributed by atoms with Gasteiger partial charge in [-0.15, -0.1) is 0 Å². The molecule has 2 aromatic rings. The van der Waals surface area contributed by atoms with Crippen molar-refractivity contribution in [3.05, 3.63) is 54.4 Å². The molecule has 0 N–H and O–H groups in total. The van der Waals surface area contributed by atoms with Gasteiger partial charge in [0.25, 0.3) is 0 Å². The zero-order valence-electron chi connectivity index (χ0n) is 10.2. The fourth-order valence-corrected chi connectivity index (χ4v) is 7.71. The summed E-state index contributed by atoms with van der Waals surface area (Å²) in [4.78, 5) is -0.123. The highest BCUT2D eigenvalue weighted by atomic mass is 35.5. The molecule has 0 bridgehead atoms. The summed E-state index contributed by atoms with van der Waals surface area (Å²) >= 11 is 35.4. The van der Waals surface area contributed by atoms with Crippen LogP contribution in [0.2, 0.25) is 30.1 Å². The average Bonchev–Trinajstić information content (AvgIpc) is 2.31. The van der Waals surface area contributed by atoms with Gasteiger partial charge in [-0.2, -0.15) is 0 Å². The summed E-state index contributed by atoms with van der Waals surface area (Å²) in [7, 11) is -3.53. The van der Waals surface area contributed by atoms with E-state index in [0.29, 0.717) is 15.8 Å². The van der Waals surface area contributed by atoms with Gasteiger partial charge in [0.05, 0.1) is 25.0 Å². The van der Waals surface area contributed by atoms with E-state index < -0.39 is 8.87 Å². The number of hydrogen-bond acceptors (Lipinski definition) is 3. The van der Waals surface area contributed by atoms with Crippen LogP contribution in [0.4, 0.5) is 0 Å². The van der Waals surface area contributed by atoms with Crippen LogP contribution in [0.3, 0.4) is 0 Å². The predicted octanol–water partition coefficient (Wildman–Crippen LogP) is 7.09. The summed E-state index contributed by atoms with van der Waals surface area (Å²) < 4.78 is 25.1. The number of halogens is 6. The minimum absolute atomic E-state index is 0.0915. The lowest BCUT2D eigenvalue weighted by Crippen LogP contribution is -1.98. The zero-order valence-corrected chi connectivity index (χ0v) is 16.4. The Morgan fingerprint density at radius 3 is 1.45 bits per heavy atom. The van der Waals surface area contributed by atoms with Crippen LogP contribution in [0.15, 0.2) is 34.1 Å². The van der Waals surface area contributed by atoms with E-state index in [1.807, 2.05) is 0 Å². The van der Waals surface area contributed by atoms with Gasteiger partial charge in [0.15, 0.2) is 0 Å². The largest absolute Gasteiger partial charge is 0.237 e. The zero-order chi connectivity index (χ0) is 16.7. The van der Waals surface area contributed by atoms with Crippen LogP contribution in [-0.2, 0) is 8.87 Å². The molecule has 10 heteroatoms. The van der Waals surface area contributed by atoms with Crippen molar-refractivity contribution in [1.82, 2.24) is 0 Å². The Hall–Kier alpha value is 0.480. The van der Waals surface area contributed by atoms with Crippen LogP contribution in [0.1, 0.15) is 0 Å². The Kier molecular flexibility index (Phi) is 6.12. The topological polar surface area (TPSA) is 34.1 Å². The molecule has 118 valence electrons. The first kappa shape index (κ1) is 18.8. The van der Waals surface area contributed by atoms with Gasteiger partial charge in [-0.25, -0.2) is 8.42 Å². The van der Waals surface area contributed by atoms with E-state index in [4.69, 9.17) is 69.6 Å². The fraction of sp³-hybridized carbons (Fsp3) is 0. The van der Waals surface area contributed by atoms with E-state index in [1.54, 1.807) is 0 Å². The summed E-state index contributed by atoms with van der Waals surface area (Å²) in [6.45, 7) is 0. The first-order valence-electron chi connectivity index (χ1n) is 5.35. The first-order chi connectivity index (χ1) is 10.1. The maximum Gasteiger partial charge on any atom is 0.237 e. The van der Waals surface area contributed by atoms with E-state index in [1.165, 1.54) is 24.3 Å². The van der Waals surface area contributed by atoms with Gasteiger partial charge in [0.2, 0.25) is 8.87 Å². The lowest BCUT2D eigenvalue weighted by atomic mass is 10.4. The average molecular weight is 457 g/mol. The number of rotatable bonds is 3. The second-order valence-corrected chi connectivity index (χ2v) is 10.1. The van der Waals surface area contributed by atoms with E-state index in [-0.39, 0.29) is 34.9 Å². The normalized spacial score (nSPS) is 11.7. The van der Waals surface area contributed by atoms with Crippen LogP contribution in [0, 0.1) is 0 Å². The molecule has 2 rings (SSSR count). The van der Waals surface area contributed by atoms with Crippen molar-refractivity contribution in [2.45, 2.75) is 9.79 Å². The standard InChI is InChI=1S/C12H4Cl6O2S2/c13-5-1-7(15)11(8(16)2-5)21-22(19,20)12-9(17)3-6(14)4-10(12)18/h1-4H. The minimum atomic E-state index is -3.97. The molecule has 0 saturated carbocycles. The molecule has 0 fully saturated rings. The molecule has 0 aliphatic carbocycles. The smallest absolute Gasteiger partial charge is 0.212 e. The lowest BCUT2D eigenvalue weighted by Gasteiger charge is -2.11. The second-order valence-electron chi connectivity index (χ2n) is 3.93. The molecule has 0 heterocycles. The quantitative estimate of drug-likeness (QED) is 0.462. The Morgan fingerprint density at radius 1 is 0.682 bits per heavy atom. The summed E-state index contributed by atoms with van der Waals surface area (Å²) in [5, 5.41) is 0.540. The Labute approximate surface area is 160 Å². The maximum absolute atomic E-state index is 12.5. The molecule has 0 spiro atoms. The second kappa shape index (κ2) is 7.16. The highest BCUT2D eigenvalue weighted by Gasteiger charge is 2.26. The molecule has 0 atom stereocenters. The monoisotopic (exact) mass is 454 g/mol. The Morgan fingerprint density at radius 2 is 1.05 bits per heavy atom. The van der Waals surface area contributed by atoms with Crippen molar-refractivity contribution in [2.75, 3.05) is 0 Å². The van der Waals surface area contributed by atoms with Crippen LogP contribution >= 0.6 is 80.4 Å². The third-order valence-electron chi connectivity index (χ3n) is 2.37. The summed E-state index contributed by atoms with van der Waals surface area (Å²) in [6.07, 6.45) is 0. The van der Waals surface area contributed by atoms with Crippen molar-refractivity contribution in [1.29, 1.82) is 0 Å². The van der Waals surface area contributed by atoms with Crippen LogP contribution < -0.4 is 0 Å². The van der Waals surface area contributed by atoms with Crippen LogP contribution in [0.5, 0.6) is 0 Å². The molecule has 2 aromatic carbocycles. The molecule has 22 heavy (non-hydrogen) atoms. The van der Waals surface area contributed by atoms with Crippen LogP contribution in [0.25, 0.3) is 0 Å². The molecule has 0 saturated heterocycles. The van der Waals surface area contributed by atoms with Gasteiger partial charge in [-0.05, 0) is 24.3 Å². The molecule has 0 unspecified atom stereocenters. The predicted molar refractivity (Wildman–Crippen MR) is 96.0 cm³/mol. The maximum atomic E-state index is 12.5. The number of benzene rings is 2. The highest BCUT2D eigenvalue weighted by Crippen LogP contribution is 2.45. The summed E-state index contributed by atoms with van der Waals surface area (Å²) in [6, 6.07) is 5.34.